The van der Waals surface area contributed by atoms with Gasteiger partial charge in [0, 0.05) is 11.6 Å². The van der Waals surface area contributed by atoms with Crippen molar-refractivity contribution < 1.29 is 9.26 Å². The normalized spacial score (nSPS) is 14.2. The van der Waals surface area contributed by atoms with E-state index in [0.29, 0.717) is 36.4 Å². The van der Waals surface area contributed by atoms with E-state index in [1.807, 2.05) is 38.1 Å². The fourth-order valence-electron chi connectivity index (χ4n) is 1.71. The third kappa shape index (κ3) is 3.79. The summed E-state index contributed by atoms with van der Waals surface area (Å²) >= 11 is 5.85. The second-order valence-corrected chi connectivity index (χ2v) is 5.31. The van der Waals surface area contributed by atoms with Gasteiger partial charge >= 0.3 is 0 Å². The molecule has 20 heavy (non-hydrogen) atoms. The van der Waals surface area contributed by atoms with Gasteiger partial charge in [0.2, 0.25) is 5.89 Å². The molecule has 2 N–H and O–H groups in total. The van der Waals surface area contributed by atoms with Gasteiger partial charge in [-0.25, -0.2) is 0 Å². The van der Waals surface area contributed by atoms with Crippen LogP contribution < -0.4 is 5.73 Å². The van der Waals surface area contributed by atoms with Crippen LogP contribution in [0, 0.1) is 0 Å². The van der Waals surface area contributed by atoms with Crippen LogP contribution in [0.25, 0.3) is 0 Å². The van der Waals surface area contributed by atoms with Crippen molar-refractivity contribution in [3.63, 3.8) is 0 Å². The highest BCUT2D eigenvalue weighted by molar-refractivity contribution is 6.30. The van der Waals surface area contributed by atoms with Crippen LogP contribution in [-0.2, 0) is 16.7 Å². The lowest BCUT2D eigenvalue weighted by molar-refractivity contribution is 0.0962. The highest BCUT2D eigenvalue weighted by Gasteiger charge is 2.27. The molecule has 108 valence electrons. The Morgan fingerprint density at radius 3 is 2.70 bits per heavy atom. The van der Waals surface area contributed by atoms with Crippen molar-refractivity contribution in [1.82, 2.24) is 10.1 Å². The highest BCUT2D eigenvalue weighted by atomic mass is 35.5. The zero-order valence-corrected chi connectivity index (χ0v) is 12.4. The van der Waals surface area contributed by atoms with E-state index in [0.717, 1.165) is 5.56 Å². The number of hydrogen-bond acceptors (Lipinski definition) is 5. The third-order valence-corrected chi connectivity index (χ3v) is 3.11. The Labute approximate surface area is 123 Å². The molecule has 0 saturated heterocycles. The number of benzene rings is 1. The van der Waals surface area contributed by atoms with Gasteiger partial charge in [-0.3, -0.25) is 0 Å². The van der Waals surface area contributed by atoms with Crippen LogP contribution in [0.4, 0.5) is 0 Å². The third-order valence-electron chi connectivity index (χ3n) is 2.85. The van der Waals surface area contributed by atoms with Gasteiger partial charge in [-0.15, -0.1) is 0 Å². The van der Waals surface area contributed by atoms with E-state index in [1.165, 1.54) is 0 Å². The molecule has 0 saturated carbocycles. The van der Waals surface area contributed by atoms with Gasteiger partial charge in [0.15, 0.2) is 5.82 Å². The van der Waals surface area contributed by atoms with Gasteiger partial charge in [0.05, 0.1) is 13.0 Å². The maximum absolute atomic E-state index is 6.12. The van der Waals surface area contributed by atoms with E-state index >= 15 is 0 Å². The molecule has 6 heteroatoms. The number of nitrogens with zero attached hydrogens (tertiary/aromatic N) is 2. The topological polar surface area (TPSA) is 74.2 Å². The lowest BCUT2D eigenvalue weighted by atomic mass is 10.1. The molecule has 0 bridgehead atoms. The summed E-state index contributed by atoms with van der Waals surface area (Å²) in [6.45, 7) is 4.68. The van der Waals surface area contributed by atoms with E-state index in [1.54, 1.807) is 0 Å². The minimum atomic E-state index is -0.752. The summed E-state index contributed by atoms with van der Waals surface area (Å²) in [5.74, 6) is 0.977. The van der Waals surface area contributed by atoms with Crippen LogP contribution >= 0.6 is 11.6 Å². The monoisotopic (exact) mass is 295 g/mol. The van der Waals surface area contributed by atoms with E-state index in [2.05, 4.69) is 10.1 Å². The summed E-state index contributed by atoms with van der Waals surface area (Å²) in [7, 11) is 0. The molecule has 1 aromatic heterocycles. The molecule has 0 fully saturated rings. The average molecular weight is 296 g/mol. The van der Waals surface area contributed by atoms with Crippen molar-refractivity contribution in [1.29, 1.82) is 0 Å². The van der Waals surface area contributed by atoms with Gasteiger partial charge in [0.1, 0.15) is 5.54 Å². The quantitative estimate of drug-likeness (QED) is 0.886. The molecule has 1 atom stereocenters. The van der Waals surface area contributed by atoms with Crippen LogP contribution in [0.3, 0.4) is 0 Å². The maximum atomic E-state index is 6.12. The molecule has 2 rings (SSSR count). The molecule has 0 aliphatic carbocycles. The first-order valence-corrected chi connectivity index (χ1v) is 6.83. The molecular weight excluding hydrogens is 278 g/mol. The smallest absolute Gasteiger partial charge is 0.231 e. The Morgan fingerprint density at radius 1 is 1.35 bits per heavy atom. The number of aromatic nitrogens is 2. The SMILES string of the molecule is CCOCC(C)(N)c1noc(Cc2ccc(Cl)cc2)n1. The molecule has 0 amide bonds. The molecule has 0 spiro atoms. The van der Waals surface area contributed by atoms with E-state index in [9.17, 15) is 0 Å². The van der Waals surface area contributed by atoms with Gasteiger partial charge < -0.3 is 15.0 Å². The van der Waals surface area contributed by atoms with Gasteiger partial charge in [-0.2, -0.15) is 4.98 Å². The van der Waals surface area contributed by atoms with Crippen molar-refractivity contribution in [2.45, 2.75) is 25.8 Å². The predicted molar refractivity (Wildman–Crippen MR) is 76.6 cm³/mol. The van der Waals surface area contributed by atoms with Crippen molar-refractivity contribution in [3.05, 3.63) is 46.6 Å². The molecular formula is C14H18ClN3O2. The first-order valence-electron chi connectivity index (χ1n) is 6.45. The van der Waals surface area contributed by atoms with Crippen LogP contribution in [0.15, 0.2) is 28.8 Å². The average Bonchev–Trinajstić information content (AvgIpc) is 2.88. The van der Waals surface area contributed by atoms with E-state index in [-0.39, 0.29) is 0 Å². The molecule has 1 aromatic carbocycles. The molecule has 0 radical (unpaired) electrons. The summed E-state index contributed by atoms with van der Waals surface area (Å²) in [5.41, 5.74) is 6.42. The zero-order valence-electron chi connectivity index (χ0n) is 11.6. The van der Waals surface area contributed by atoms with E-state index in [4.69, 9.17) is 26.6 Å². The zero-order chi connectivity index (χ0) is 14.6. The predicted octanol–water partition coefficient (Wildman–Crippen LogP) is 2.52. The Kier molecular flexibility index (Phi) is 4.75. The highest BCUT2D eigenvalue weighted by Crippen LogP contribution is 2.17. The maximum Gasteiger partial charge on any atom is 0.231 e. The summed E-state index contributed by atoms with van der Waals surface area (Å²) < 4.78 is 10.6. The molecule has 1 unspecified atom stereocenters. The van der Waals surface area contributed by atoms with Crippen molar-refractivity contribution in [2.75, 3.05) is 13.2 Å². The standard InChI is InChI=1S/C14H18ClN3O2/c1-3-19-9-14(2,16)13-17-12(20-18-13)8-10-4-6-11(15)7-5-10/h4-7H,3,8-9,16H2,1-2H3. The largest absolute Gasteiger partial charge is 0.379 e. The number of nitrogens with two attached hydrogens (primary N) is 1. The summed E-state index contributed by atoms with van der Waals surface area (Å²) in [4.78, 5) is 4.34. The van der Waals surface area contributed by atoms with Crippen molar-refractivity contribution >= 4 is 11.6 Å². The van der Waals surface area contributed by atoms with E-state index < -0.39 is 5.54 Å². The Hall–Kier alpha value is -1.43. The molecule has 5 nitrogen and oxygen atoms in total. The minimum Gasteiger partial charge on any atom is -0.379 e. The first kappa shape index (κ1) is 15.0. The van der Waals surface area contributed by atoms with Gasteiger partial charge in [-0.05, 0) is 31.5 Å². The molecule has 0 aliphatic heterocycles. The van der Waals surface area contributed by atoms with Crippen LogP contribution in [0.1, 0.15) is 31.1 Å². The second-order valence-electron chi connectivity index (χ2n) is 4.87. The second kappa shape index (κ2) is 6.35. The lowest BCUT2D eigenvalue weighted by Crippen LogP contribution is -2.39. The Bertz CT molecular complexity index is 552. The molecule has 0 aliphatic rings. The first-order chi connectivity index (χ1) is 9.51. The minimum absolute atomic E-state index is 0.351. The molecule has 1 heterocycles. The lowest BCUT2D eigenvalue weighted by Gasteiger charge is -2.19. The number of ether oxygens (including phenoxy) is 1. The van der Waals surface area contributed by atoms with Gasteiger partial charge in [0.25, 0.3) is 0 Å². The summed E-state index contributed by atoms with van der Waals surface area (Å²) in [6.07, 6.45) is 0.550. The van der Waals surface area contributed by atoms with Crippen LogP contribution in [0.2, 0.25) is 5.02 Å². The van der Waals surface area contributed by atoms with Crippen molar-refractivity contribution in [3.8, 4) is 0 Å². The summed E-state index contributed by atoms with van der Waals surface area (Å²) in [6, 6.07) is 7.51. The number of halogens is 1. The molecule has 2 aromatic rings. The van der Waals surface area contributed by atoms with Crippen molar-refractivity contribution in [2.24, 2.45) is 5.73 Å². The Morgan fingerprint density at radius 2 is 2.05 bits per heavy atom. The van der Waals surface area contributed by atoms with Crippen LogP contribution in [-0.4, -0.2) is 23.4 Å². The number of hydrogen-bond donors (Lipinski definition) is 1. The van der Waals surface area contributed by atoms with Gasteiger partial charge in [-0.1, -0.05) is 28.9 Å². The Balaban J connectivity index is 2.06. The van der Waals surface area contributed by atoms with Crippen LogP contribution in [0.5, 0.6) is 0 Å². The number of rotatable bonds is 6. The fraction of sp³-hybridized carbons (Fsp3) is 0.429. The fourth-order valence-corrected chi connectivity index (χ4v) is 1.84. The summed E-state index contributed by atoms with van der Waals surface area (Å²) in [5, 5.41) is 4.64.